The molecule has 1 aliphatic rings. The number of sulfonamides is 1. The zero-order valence-corrected chi connectivity index (χ0v) is 17.0. The Morgan fingerprint density at radius 3 is 2.63 bits per heavy atom. The predicted octanol–water partition coefficient (Wildman–Crippen LogP) is 3.21. The van der Waals surface area contributed by atoms with Crippen molar-refractivity contribution in [1.82, 2.24) is 14.9 Å². The van der Waals surface area contributed by atoms with E-state index in [4.69, 9.17) is 4.52 Å². The molecule has 0 saturated heterocycles. The number of carboxylic acid groups (broad SMARTS) is 1. The Labute approximate surface area is 161 Å². The van der Waals surface area contributed by atoms with E-state index in [0.29, 0.717) is 6.42 Å². The second kappa shape index (κ2) is 10.2. The van der Waals surface area contributed by atoms with Crippen molar-refractivity contribution >= 4 is 16.0 Å². The van der Waals surface area contributed by atoms with Gasteiger partial charge in [0.05, 0.1) is 18.2 Å². The minimum absolute atomic E-state index is 0.0636. The molecule has 1 saturated carbocycles. The molecule has 1 atom stereocenters. The molecule has 9 heteroatoms. The van der Waals surface area contributed by atoms with Crippen molar-refractivity contribution in [2.24, 2.45) is 5.92 Å². The first-order chi connectivity index (χ1) is 12.8. The Bertz CT molecular complexity index is 696. The summed E-state index contributed by atoms with van der Waals surface area (Å²) in [5.74, 6) is -0.00317. The van der Waals surface area contributed by atoms with Gasteiger partial charge in [0.25, 0.3) is 0 Å². The fraction of sp³-hybridized carbons (Fsp3) is 0.833. The lowest BCUT2D eigenvalue weighted by Crippen LogP contribution is -2.30. The monoisotopic (exact) mass is 401 g/mol. The van der Waals surface area contributed by atoms with Crippen LogP contribution >= 0.6 is 0 Å². The third-order valence-electron chi connectivity index (χ3n) is 5.20. The van der Waals surface area contributed by atoms with Crippen LogP contribution in [0.25, 0.3) is 0 Å². The Balaban J connectivity index is 1.91. The molecule has 27 heavy (non-hydrogen) atoms. The van der Waals surface area contributed by atoms with Gasteiger partial charge in [0.2, 0.25) is 15.9 Å². The highest BCUT2D eigenvalue weighted by Crippen LogP contribution is 2.31. The van der Waals surface area contributed by atoms with Crippen LogP contribution in [0.15, 0.2) is 4.52 Å². The number of carboxylic acids is 1. The van der Waals surface area contributed by atoms with E-state index >= 15 is 0 Å². The minimum atomic E-state index is -3.42. The molecule has 0 radical (unpaired) electrons. The first-order valence-electron chi connectivity index (χ1n) is 9.80. The summed E-state index contributed by atoms with van der Waals surface area (Å²) >= 11 is 0. The van der Waals surface area contributed by atoms with Gasteiger partial charge in [-0.15, -0.1) is 0 Å². The van der Waals surface area contributed by atoms with E-state index in [1.165, 1.54) is 32.1 Å². The van der Waals surface area contributed by atoms with E-state index in [9.17, 15) is 18.3 Å². The lowest BCUT2D eigenvalue weighted by molar-refractivity contribution is -0.137. The number of nitrogens with one attached hydrogen (secondary N) is 1. The van der Waals surface area contributed by atoms with Gasteiger partial charge in [0.15, 0.2) is 5.82 Å². The zero-order chi connectivity index (χ0) is 19.9. The van der Waals surface area contributed by atoms with Gasteiger partial charge in [-0.05, 0) is 26.2 Å². The molecule has 1 aromatic heterocycles. The number of rotatable bonds is 11. The van der Waals surface area contributed by atoms with Gasteiger partial charge in [-0.2, -0.15) is 4.98 Å². The van der Waals surface area contributed by atoms with Gasteiger partial charge < -0.3 is 9.63 Å². The molecule has 0 amide bonds. The van der Waals surface area contributed by atoms with E-state index < -0.39 is 21.2 Å². The quantitative estimate of drug-likeness (QED) is 0.583. The average Bonchev–Trinajstić information content (AvgIpc) is 3.09. The number of nitrogens with zero attached hydrogens (tertiary/aromatic N) is 2. The molecule has 0 aromatic carbocycles. The van der Waals surface area contributed by atoms with Crippen molar-refractivity contribution in [3.63, 3.8) is 0 Å². The fourth-order valence-corrected chi connectivity index (χ4v) is 4.15. The minimum Gasteiger partial charge on any atom is -0.481 e. The van der Waals surface area contributed by atoms with Gasteiger partial charge >= 0.3 is 5.97 Å². The summed E-state index contributed by atoms with van der Waals surface area (Å²) in [6.07, 6.45) is 9.10. The largest absolute Gasteiger partial charge is 0.481 e. The highest BCUT2D eigenvalue weighted by atomic mass is 32.2. The summed E-state index contributed by atoms with van der Waals surface area (Å²) in [5.41, 5.74) is 0. The van der Waals surface area contributed by atoms with Crippen LogP contribution in [0, 0.1) is 5.92 Å². The Morgan fingerprint density at radius 1 is 1.30 bits per heavy atom. The van der Waals surface area contributed by atoms with Crippen molar-refractivity contribution in [3.8, 4) is 0 Å². The van der Waals surface area contributed by atoms with Crippen LogP contribution in [0.1, 0.15) is 89.3 Å². The smallest absolute Gasteiger partial charge is 0.304 e. The second-order valence-corrected chi connectivity index (χ2v) is 10.0. The maximum Gasteiger partial charge on any atom is 0.304 e. The van der Waals surface area contributed by atoms with Gasteiger partial charge in [0.1, 0.15) is 0 Å². The lowest BCUT2D eigenvalue weighted by atomic mass is 9.84. The van der Waals surface area contributed by atoms with E-state index in [1.807, 2.05) is 0 Å². The van der Waals surface area contributed by atoms with E-state index in [0.717, 1.165) is 18.8 Å². The predicted molar refractivity (Wildman–Crippen MR) is 101 cm³/mol. The van der Waals surface area contributed by atoms with E-state index in [1.54, 1.807) is 13.8 Å². The van der Waals surface area contributed by atoms with E-state index in [-0.39, 0.29) is 30.6 Å². The SMILES string of the molecule is CC(C)S(=O)(=O)NCc1noc([C@H](CCCC2CCCCC2)CC(=O)O)n1. The number of hydrogen-bond donors (Lipinski definition) is 2. The number of aromatic nitrogens is 2. The Kier molecular flexibility index (Phi) is 8.22. The van der Waals surface area contributed by atoms with Crippen molar-refractivity contribution in [3.05, 3.63) is 11.7 Å². The van der Waals surface area contributed by atoms with Crippen LogP contribution in [0.4, 0.5) is 0 Å². The van der Waals surface area contributed by atoms with Crippen LogP contribution in [-0.4, -0.2) is 34.9 Å². The summed E-state index contributed by atoms with van der Waals surface area (Å²) in [5, 5.41) is 12.4. The topological polar surface area (TPSA) is 122 Å². The molecule has 1 aliphatic carbocycles. The molecule has 2 N–H and O–H groups in total. The molecule has 0 bridgehead atoms. The fourth-order valence-electron chi connectivity index (χ4n) is 3.49. The van der Waals surface area contributed by atoms with Crippen molar-refractivity contribution in [2.45, 2.75) is 89.3 Å². The number of carbonyl (C=O) groups is 1. The maximum atomic E-state index is 11.8. The number of aliphatic carboxylic acids is 1. The highest BCUT2D eigenvalue weighted by Gasteiger charge is 2.24. The highest BCUT2D eigenvalue weighted by molar-refractivity contribution is 7.90. The molecular weight excluding hydrogens is 370 g/mol. The maximum absolute atomic E-state index is 11.8. The van der Waals surface area contributed by atoms with Crippen molar-refractivity contribution < 1.29 is 22.8 Å². The van der Waals surface area contributed by atoms with Gasteiger partial charge in [-0.25, -0.2) is 13.1 Å². The molecule has 2 rings (SSSR count). The van der Waals surface area contributed by atoms with Gasteiger partial charge in [-0.1, -0.05) is 50.1 Å². The lowest BCUT2D eigenvalue weighted by Gasteiger charge is -2.21. The average molecular weight is 402 g/mol. The number of hydrogen-bond acceptors (Lipinski definition) is 6. The molecule has 1 heterocycles. The molecule has 0 spiro atoms. The Hall–Kier alpha value is -1.48. The summed E-state index contributed by atoms with van der Waals surface area (Å²) in [6.45, 7) is 3.10. The summed E-state index contributed by atoms with van der Waals surface area (Å²) in [4.78, 5) is 15.4. The van der Waals surface area contributed by atoms with Gasteiger partial charge in [0, 0.05) is 5.92 Å². The normalized spacial score (nSPS) is 17.3. The van der Waals surface area contributed by atoms with Crippen LogP contribution in [0.3, 0.4) is 0 Å². The van der Waals surface area contributed by atoms with Gasteiger partial charge in [-0.3, -0.25) is 4.79 Å². The molecular formula is C18H31N3O5S. The zero-order valence-electron chi connectivity index (χ0n) is 16.2. The Morgan fingerprint density at radius 2 is 2.00 bits per heavy atom. The second-order valence-electron chi connectivity index (χ2n) is 7.69. The summed E-state index contributed by atoms with van der Waals surface area (Å²) in [7, 11) is -3.42. The summed E-state index contributed by atoms with van der Waals surface area (Å²) in [6, 6.07) is 0. The molecule has 1 fully saturated rings. The molecule has 0 unspecified atom stereocenters. The first-order valence-corrected chi connectivity index (χ1v) is 11.4. The van der Waals surface area contributed by atoms with Crippen LogP contribution in [0.5, 0.6) is 0 Å². The summed E-state index contributed by atoms with van der Waals surface area (Å²) < 4.78 is 31.3. The molecule has 8 nitrogen and oxygen atoms in total. The van der Waals surface area contributed by atoms with Crippen LogP contribution in [-0.2, 0) is 21.4 Å². The van der Waals surface area contributed by atoms with E-state index in [2.05, 4.69) is 14.9 Å². The molecule has 0 aliphatic heterocycles. The third kappa shape index (κ3) is 7.21. The first kappa shape index (κ1) is 21.8. The molecule has 154 valence electrons. The molecule has 1 aromatic rings. The van der Waals surface area contributed by atoms with Crippen LogP contribution < -0.4 is 4.72 Å². The van der Waals surface area contributed by atoms with Crippen molar-refractivity contribution in [1.29, 1.82) is 0 Å². The van der Waals surface area contributed by atoms with Crippen molar-refractivity contribution in [2.75, 3.05) is 0 Å². The third-order valence-corrected chi connectivity index (χ3v) is 6.98. The van der Waals surface area contributed by atoms with Crippen LogP contribution in [0.2, 0.25) is 0 Å². The standard InChI is InChI=1S/C18H31N3O5S/c1-13(2)27(24,25)19-12-16-20-18(26-21-16)15(11-17(22)23)10-6-9-14-7-4-3-5-8-14/h13-15,19H,3-12H2,1-2H3,(H,22,23)/t15-/m1/s1.